The molecule has 4 atom stereocenters. The Morgan fingerprint density at radius 3 is 2.80 bits per heavy atom. The number of carbonyl (C=O) groups is 2. The van der Waals surface area contributed by atoms with Gasteiger partial charge in [-0.15, -0.1) is 0 Å². The summed E-state index contributed by atoms with van der Waals surface area (Å²) in [6.45, 7) is 7.08. The molecule has 25 heavy (non-hydrogen) atoms. The topological polar surface area (TPSA) is 82.5 Å². The molecule has 2 aliphatic rings. The lowest BCUT2D eigenvalue weighted by Crippen LogP contribution is -2.62. The molecule has 0 radical (unpaired) electrons. The zero-order valence-corrected chi connectivity index (χ0v) is 15.4. The van der Waals surface area contributed by atoms with Gasteiger partial charge < -0.3 is 14.8 Å². The highest BCUT2D eigenvalue weighted by Crippen LogP contribution is 2.43. The lowest BCUT2D eigenvalue weighted by Gasteiger charge is -2.47. The Balaban J connectivity index is 1.57. The molecule has 2 heterocycles. The highest BCUT2D eigenvalue weighted by molar-refractivity contribution is 5.96. The van der Waals surface area contributed by atoms with E-state index in [1.165, 1.54) is 0 Å². The van der Waals surface area contributed by atoms with Gasteiger partial charge in [0.15, 0.2) is 5.78 Å². The maximum atomic E-state index is 12.4. The molecule has 0 spiro atoms. The number of hydrogen-bond acceptors (Lipinski definition) is 5. The van der Waals surface area contributed by atoms with Gasteiger partial charge in [0, 0.05) is 50.3 Å². The molecule has 1 aliphatic carbocycles. The second kappa shape index (κ2) is 7.25. The molecule has 0 unspecified atom stereocenters. The number of nitrogens with one attached hydrogen (secondary N) is 1. The molecule has 1 saturated heterocycles. The molecule has 7 heteroatoms. The second-order valence-corrected chi connectivity index (χ2v) is 7.08. The third-order valence-electron chi connectivity index (χ3n) is 5.50. The Morgan fingerprint density at radius 1 is 1.40 bits per heavy atom. The fourth-order valence-corrected chi connectivity index (χ4v) is 4.32. The van der Waals surface area contributed by atoms with Crippen molar-refractivity contribution in [2.45, 2.75) is 52.3 Å². The Bertz CT molecular complexity index is 670. The van der Waals surface area contributed by atoms with E-state index in [9.17, 15) is 9.59 Å². The SMILES string of the molecule is COC[C@@H]1[C@H](NC(=O)CCn2nc(C)c(C(C)=O)c2C)[C@H]2CCO[C@H]21. The van der Waals surface area contributed by atoms with E-state index in [1.807, 2.05) is 13.8 Å². The maximum absolute atomic E-state index is 12.4. The van der Waals surface area contributed by atoms with Crippen LogP contribution in [0.3, 0.4) is 0 Å². The van der Waals surface area contributed by atoms with Gasteiger partial charge in [0.25, 0.3) is 0 Å². The summed E-state index contributed by atoms with van der Waals surface area (Å²) in [4.78, 5) is 24.1. The first kappa shape index (κ1) is 18.1. The average Bonchev–Trinajstić information content (AvgIpc) is 3.10. The molecule has 1 aliphatic heterocycles. The third kappa shape index (κ3) is 3.35. The van der Waals surface area contributed by atoms with E-state index in [1.54, 1.807) is 18.7 Å². The zero-order chi connectivity index (χ0) is 18.1. The molecular weight excluding hydrogens is 322 g/mol. The summed E-state index contributed by atoms with van der Waals surface area (Å²) in [6, 6.07) is 0.133. The van der Waals surface area contributed by atoms with Gasteiger partial charge in [0.05, 0.1) is 24.0 Å². The number of hydrogen-bond donors (Lipinski definition) is 1. The van der Waals surface area contributed by atoms with Crippen molar-refractivity contribution < 1.29 is 19.1 Å². The van der Waals surface area contributed by atoms with Gasteiger partial charge in [-0.1, -0.05) is 0 Å². The minimum atomic E-state index is 0.00776. The fraction of sp³-hybridized carbons (Fsp3) is 0.722. The van der Waals surface area contributed by atoms with Crippen LogP contribution in [0.1, 0.15) is 41.5 Å². The Hall–Kier alpha value is -1.73. The molecule has 2 fully saturated rings. The Morgan fingerprint density at radius 2 is 2.16 bits per heavy atom. The van der Waals surface area contributed by atoms with E-state index in [0.29, 0.717) is 31.1 Å². The minimum absolute atomic E-state index is 0.00776. The smallest absolute Gasteiger partial charge is 0.222 e. The minimum Gasteiger partial charge on any atom is -0.384 e. The number of aryl methyl sites for hydroxylation is 2. The summed E-state index contributed by atoms with van der Waals surface area (Å²) < 4.78 is 12.8. The number of rotatable bonds is 7. The largest absolute Gasteiger partial charge is 0.384 e. The first-order valence-electron chi connectivity index (χ1n) is 8.89. The van der Waals surface area contributed by atoms with Gasteiger partial charge in [-0.25, -0.2) is 0 Å². The number of fused-ring (bicyclic) bond motifs is 1. The summed E-state index contributed by atoms with van der Waals surface area (Å²) in [5, 5.41) is 7.54. The number of carbonyl (C=O) groups excluding carboxylic acids is 2. The van der Waals surface area contributed by atoms with Crippen molar-refractivity contribution >= 4 is 11.7 Å². The molecule has 138 valence electrons. The Labute approximate surface area is 148 Å². The van der Waals surface area contributed by atoms with Crippen molar-refractivity contribution in [1.29, 1.82) is 0 Å². The Kier molecular flexibility index (Phi) is 5.24. The first-order chi connectivity index (χ1) is 11.9. The summed E-state index contributed by atoms with van der Waals surface area (Å²) in [5.41, 5.74) is 2.20. The van der Waals surface area contributed by atoms with Crippen molar-refractivity contribution in [3.05, 3.63) is 17.0 Å². The van der Waals surface area contributed by atoms with Crippen LogP contribution in [0.25, 0.3) is 0 Å². The number of ether oxygens (including phenoxy) is 2. The van der Waals surface area contributed by atoms with Crippen LogP contribution < -0.4 is 5.32 Å². The highest BCUT2D eigenvalue weighted by Gasteiger charge is 2.54. The predicted octanol–water partition coefficient (Wildman–Crippen LogP) is 1.26. The number of methoxy groups -OCH3 is 1. The van der Waals surface area contributed by atoms with E-state index in [2.05, 4.69) is 10.4 Å². The van der Waals surface area contributed by atoms with E-state index in [4.69, 9.17) is 9.47 Å². The van der Waals surface area contributed by atoms with Crippen molar-refractivity contribution in [2.24, 2.45) is 11.8 Å². The summed E-state index contributed by atoms with van der Waals surface area (Å²) >= 11 is 0. The lowest BCUT2D eigenvalue weighted by atomic mass is 9.67. The van der Waals surface area contributed by atoms with Crippen LogP contribution in [0.4, 0.5) is 0 Å². The van der Waals surface area contributed by atoms with Gasteiger partial charge >= 0.3 is 0 Å². The number of nitrogens with zero attached hydrogens (tertiary/aromatic N) is 2. The normalized spacial score (nSPS) is 27.7. The molecule has 1 aromatic rings. The molecule has 1 saturated carbocycles. The summed E-state index contributed by atoms with van der Waals surface area (Å²) in [5.74, 6) is 0.657. The summed E-state index contributed by atoms with van der Waals surface area (Å²) in [7, 11) is 1.68. The van der Waals surface area contributed by atoms with Gasteiger partial charge in [-0.05, 0) is 27.2 Å². The molecule has 1 N–H and O–H groups in total. The van der Waals surface area contributed by atoms with Crippen LogP contribution in [-0.4, -0.2) is 53.9 Å². The van der Waals surface area contributed by atoms with Gasteiger partial charge in [0.2, 0.25) is 5.91 Å². The van der Waals surface area contributed by atoms with Crippen molar-refractivity contribution in [3.8, 4) is 0 Å². The molecule has 0 aromatic carbocycles. The third-order valence-corrected chi connectivity index (χ3v) is 5.50. The van der Waals surface area contributed by atoms with E-state index < -0.39 is 0 Å². The number of ketones is 1. The van der Waals surface area contributed by atoms with Crippen LogP contribution >= 0.6 is 0 Å². The predicted molar refractivity (Wildman–Crippen MR) is 91.5 cm³/mol. The quantitative estimate of drug-likeness (QED) is 0.750. The van der Waals surface area contributed by atoms with E-state index in [-0.39, 0.29) is 29.8 Å². The highest BCUT2D eigenvalue weighted by atomic mass is 16.5. The second-order valence-electron chi connectivity index (χ2n) is 7.08. The monoisotopic (exact) mass is 349 g/mol. The molecule has 3 rings (SSSR count). The number of amides is 1. The van der Waals surface area contributed by atoms with Crippen LogP contribution in [0, 0.1) is 25.7 Å². The lowest BCUT2D eigenvalue weighted by molar-refractivity contribution is -0.130. The summed E-state index contributed by atoms with van der Waals surface area (Å²) in [6.07, 6.45) is 1.56. The van der Waals surface area contributed by atoms with Crippen LogP contribution in [0.15, 0.2) is 0 Å². The van der Waals surface area contributed by atoms with Crippen molar-refractivity contribution in [2.75, 3.05) is 20.3 Å². The zero-order valence-electron chi connectivity index (χ0n) is 15.4. The van der Waals surface area contributed by atoms with Crippen LogP contribution in [0.5, 0.6) is 0 Å². The van der Waals surface area contributed by atoms with Crippen molar-refractivity contribution in [1.82, 2.24) is 15.1 Å². The fourth-order valence-electron chi connectivity index (χ4n) is 4.32. The van der Waals surface area contributed by atoms with E-state index >= 15 is 0 Å². The molecule has 0 bridgehead atoms. The number of Topliss-reactive ketones (excluding diaryl/α,β-unsaturated/α-hetero) is 1. The van der Waals surface area contributed by atoms with Crippen LogP contribution in [-0.2, 0) is 20.8 Å². The average molecular weight is 349 g/mol. The molecule has 7 nitrogen and oxygen atoms in total. The van der Waals surface area contributed by atoms with Gasteiger partial charge in [-0.2, -0.15) is 5.10 Å². The maximum Gasteiger partial charge on any atom is 0.222 e. The first-order valence-corrected chi connectivity index (χ1v) is 8.89. The van der Waals surface area contributed by atoms with Gasteiger partial charge in [-0.3, -0.25) is 14.3 Å². The number of aromatic nitrogens is 2. The molecule has 1 aromatic heterocycles. The van der Waals surface area contributed by atoms with Crippen molar-refractivity contribution in [3.63, 3.8) is 0 Å². The molecule has 1 amide bonds. The van der Waals surface area contributed by atoms with E-state index in [0.717, 1.165) is 24.4 Å². The standard InChI is InChI=1S/C18H27N3O4/c1-10-16(12(3)22)11(2)21(20-10)7-5-15(23)19-17-13-6-8-25-18(13)14(17)9-24-4/h13-14,17-18H,5-9H2,1-4H3,(H,19,23)/t13-,14-,17-,18-/m1/s1. The molecular formula is C18H27N3O4. The van der Waals surface area contributed by atoms with Gasteiger partial charge in [0.1, 0.15) is 0 Å². The van der Waals surface area contributed by atoms with Crippen LogP contribution in [0.2, 0.25) is 0 Å².